The number of hydrogen-bond acceptors (Lipinski definition) is 4. The third-order valence-corrected chi connectivity index (χ3v) is 2.84. The first-order valence-electron chi connectivity index (χ1n) is 5.37. The van der Waals surface area contributed by atoms with E-state index in [-0.39, 0.29) is 6.54 Å². The number of carbonyl (C=O) groups excluding carboxylic acids is 2. The molecule has 0 bridgehead atoms. The van der Waals surface area contributed by atoms with Gasteiger partial charge in [-0.05, 0) is 24.7 Å². The lowest BCUT2D eigenvalue weighted by atomic mass is 10.0. The summed E-state index contributed by atoms with van der Waals surface area (Å²) < 4.78 is 5.03. The van der Waals surface area contributed by atoms with E-state index in [9.17, 15) is 9.59 Å². The van der Waals surface area contributed by atoms with Gasteiger partial charge in [0.15, 0.2) is 0 Å². The zero-order valence-electron chi connectivity index (χ0n) is 9.54. The first kappa shape index (κ1) is 12.9. The summed E-state index contributed by atoms with van der Waals surface area (Å²) in [5, 5.41) is 5.03. The number of hydrogen-bond donors (Lipinski definition) is 3. The van der Waals surface area contributed by atoms with Crippen LogP contribution >= 0.6 is 0 Å². The SMILES string of the molecule is COCCC1(CNCC(=O)NC(N)=O)CC1. The van der Waals surface area contributed by atoms with E-state index in [1.54, 1.807) is 7.11 Å². The van der Waals surface area contributed by atoms with E-state index < -0.39 is 11.9 Å². The molecule has 0 aromatic carbocycles. The van der Waals surface area contributed by atoms with Crippen molar-refractivity contribution in [1.82, 2.24) is 10.6 Å². The Bertz CT molecular complexity index is 264. The van der Waals surface area contributed by atoms with Gasteiger partial charge in [0.05, 0.1) is 6.54 Å². The van der Waals surface area contributed by atoms with Crippen LogP contribution in [-0.2, 0) is 9.53 Å². The number of ether oxygens (including phenoxy) is 1. The molecule has 0 aromatic heterocycles. The van der Waals surface area contributed by atoms with Crippen LogP contribution < -0.4 is 16.4 Å². The lowest BCUT2D eigenvalue weighted by Gasteiger charge is -2.14. The number of amides is 3. The van der Waals surface area contributed by atoms with E-state index in [1.807, 2.05) is 5.32 Å². The van der Waals surface area contributed by atoms with Crippen LogP contribution in [0.1, 0.15) is 19.3 Å². The molecule has 4 N–H and O–H groups in total. The van der Waals surface area contributed by atoms with Crippen LogP contribution in [0.2, 0.25) is 0 Å². The summed E-state index contributed by atoms with van der Waals surface area (Å²) in [7, 11) is 1.68. The lowest BCUT2D eigenvalue weighted by Crippen LogP contribution is -2.41. The number of methoxy groups -OCH3 is 1. The van der Waals surface area contributed by atoms with Crippen LogP contribution in [0.25, 0.3) is 0 Å². The van der Waals surface area contributed by atoms with Crippen molar-refractivity contribution in [2.45, 2.75) is 19.3 Å². The maximum absolute atomic E-state index is 11.1. The molecule has 0 spiro atoms. The molecule has 16 heavy (non-hydrogen) atoms. The molecule has 0 unspecified atom stereocenters. The third-order valence-electron chi connectivity index (χ3n) is 2.84. The average Bonchev–Trinajstić information content (AvgIpc) is 2.94. The number of urea groups is 1. The highest BCUT2D eigenvalue weighted by Gasteiger charge is 2.41. The number of nitrogens with two attached hydrogens (primary N) is 1. The standard InChI is InChI=1S/C10H19N3O3/c1-16-5-4-10(2-3-10)7-12-6-8(14)13-9(11)15/h12H,2-7H2,1H3,(H3,11,13,14,15). The summed E-state index contributed by atoms with van der Waals surface area (Å²) in [6, 6.07) is -0.813. The fourth-order valence-electron chi connectivity index (χ4n) is 1.63. The van der Waals surface area contributed by atoms with Crippen LogP contribution in [0.15, 0.2) is 0 Å². The van der Waals surface area contributed by atoms with E-state index in [2.05, 4.69) is 5.32 Å². The van der Waals surface area contributed by atoms with Crippen LogP contribution in [0, 0.1) is 5.41 Å². The van der Waals surface area contributed by atoms with Crippen molar-refractivity contribution in [3.63, 3.8) is 0 Å². The van der Waals surface area contributed by atoms with E-state index >= 15 is 0 Å². The number of imide groups is 1. The number of nitrogens with one attached hydrogen (secondary N) is 2. The summed E-state index contributed by atoms with van der Waals surface area (Å²) in [5.41, 5.74) is 5.11. The average molecular weight is 229 g/mol. The maximum Gasteiger partial charge on any atom is 0.318 e. The van der Waals surface area contributed by atoms with Gasteiger partial charge in [-0.3, -0.25) is 10.1 Å². The van der Waals surface area contributed by atoms with Gasteiger partial charge in [0.2, 0.25) is 5.91 Å². The third kappa shape index (κ3) is 4.59. The fourth-order valence-corrected chi connectivity index (χ4v) is 1.63. The number of rotatable bonds is 7. The van der Waals surface area contributed by atoms with Gasteiger partial charge in [-0.15, -0.1) is 0 Å². The van der Waals surface area contributed by atoms with Gasteiger partial charge in [-0.1, -0.05) is 0 Å². The molecule has 6 heteroatoms. The minimum atomic E-state index is -0.813. The van der Waals surface area contributed by atoms with Crippen molar-refractivity contribution in [2.24, 2.45) is 11.1 Å². The molecule has 0 aromatic rings. The Morgan fingerprint density at radius 1 is 1.44 bits per heavy atom. The molecule has 1 aliphatic rings. The Labute approximate surface area is 94.9 Å². The molecule has 3 amide bonds. The largest absolute Gasteiger partial charge is 0.385 e. The molecule has 1 fully saturated rings. The minimum absolute atomic E-state index is 0.123. The molecule has 0 heterocycles. The van der Waals surface area contributed by atoms with Gasteiger partial charge in [-0.2, -0.15) is 0 Å². The second kappa shape index (κ2) is 5.81. The molecule has 0 atom stereocenters. The highest BCUT2D eigenvalue weighted by molar-refractivity contribution is 5.94. The molecule has 1 aliphatic carbocycles. The van der Waals surface area contributed by atoms with Crippen LogP contribution in [0.3, 0.4) is 0 Å². The molecule has 1 rings (SSSR count). The summed E-state index contributed by atoms with van der Waals surface area (Å²) in [6.07, 6.45) is 3.34. The van der Waals surface area contributed by atoms with E-state index in [0.29, 0.717) is 5.41 Å². The fraction of sp³-hybridized carbons (Fsp3) is 0.800. The predicted octanol–water partition coefficient (Wildman–Crippen LogP) is -0.412. The van der Waals surface area contributed by atoms with Crippen LogP contribution in [0.5, 0.6) is 0 Å². The van der Waals surface area contributed by atoms with E-state index in [1.165, 1.54) is 12.8 Å². The normalized spacial score (nSPS) is 16.8. The van der Waals surface area contributed by atoms with E-state index in [4.69, 9.17) is 10.5 Å². The summed E-state index contributed by atoms with van der Waals surface area (Å²) in [6.45, 7) is 1.65. The Morgan fingerprint density at radius 3 is 2.62 bits per heavy atom. The van der Waals surface area contributed by atoms with Crippen molar-refractivity contribution >= 4 is 11.9 Å². The molecule has 6 nitrogen and oxygen atoms in total. The Kier molecular flexibility index (Phi) is 4.70. The molecular formula is C10H19N3O3. The zero-order valence-corrected chi connectivity index (χ0v) is 9.54. The first-order chi connectivity index (χ1) is 7.58. The van der Waals surface area contributed by atoms with Crippen molar-refractivity contribution < 1.29 is 14.3 Å². The smallest absolute Gasteiger partial charge is 0.318 e. The highest BCUT2D eigenvalue weighted by Crippen LogP contribution is 2.48. The van der Waals surface area contributed by atoms with Crippen molar-refractivity contribution in [1.29, 1.82) is 0 Å². The molecular weight excluding hydrogens is 210 g/mol. The van der Waals surface area contributed by atoms with Gasteiger partial charge in [0.25, 0.3) is 0 Å². The monoisotopic (exact) mass is 229 g/mol. The number of carbonyl (C=O) groups is 2. The quantitative estimate of drug-likeness (QED) is 0.553. The van der Waals surface area contributed by atoms with Crippen LogP contribution in [0.4, 0.5) is 4.79 Å². The van der Waals surface area contributed by atoms with Crippen molar-refractivity contribution in [3.8, 4) is 0 Å². The topological polar surface area (TPSA) is 93.4 Å². The minimum Gasteiger partial charge on any atom is -0.385 e. The first-order valence-corrected chi connectivity index (χ1v) is 5.37. The Morgan fingerprint density at radius 2 is 2.12 bits per heavy atom. The maximum atomic E-state index is 11.1. The molecule has 0 saturated heterocycles. The summed E-state index contributed by atoms with van der Waals surface area (Å²) >= 11 is 0. The molecule has 0 radical (unpaired) electrons. The molecule has 1 saturated carbocycles. The van der Waals surface area contributed by atoms with Gasteiger partial charge < -0.3 is 15.8 Å². The van der Waals surface area contributed by atoms with E-state index in [0.717, 1.165) is 19.6 Å². The van der Waals surface area contributed by atoms with Gasteiger partial charge in [0.1, 0.15) is 0 Å². The van der Waals surface area contributed by atoms with Gasteiger partial charge in [-0.25, -0.2) is 4.79 Å². The van der Waals surface area contributed by atoms with Crippen LogP contribution in [-0.4, -0.2) is 38.7 Å². The van der Waals surface area contributed by atoms with Crippen molar-refractivity contribution in [3.05, 3.63) is 0 Å². The van der Waals surface area contributed by atoms with Gasteiger partial charge >= 0.3 is 6.03 Å². The summed E-state index contributed by atoms with van der Waals surface area (Å²) in [4.78, 5) is 21.4. The second-order valence-corrected chi connectivity index (χ2v) is 4.26. The predicted molar refractivity (Wildman–Crippen MR) is 58.8 cm³/mol. The van der Waals surface area contributed by atoms with Crippen molar-refractivity contribution in [2.75, 3.05) is 26.8 Å². The zero-order chi connectivity index (χ0) is 12.0. The number of primary amides is 1. The lowest BCUT2D eigenvalue weighted by molar-refractivity contribution is -0.119. The highest BCUT2D eigenvalue weighted by atomic mass is 16.5. The van der Waals surface area contributed by atoms with Gasteiger partial charge in [0, 0.05) is 20.3 Å². The molecule has 0 aliphatic heterocycles. The molecule has 92 valence electrons. The Hall–Kier alpha value is -1.14. The summed E-state index contributed by atoms with van der Waals surface area (Å²) in [5.74, 6) is -0.393. The second-order valence-electron chi connectivity index (χ2n) is 4.26. The Balaban J connectivity index is 2.10.